The smallest absolute Gasteiger partial charge is 0.0624 e. The van der Waals surface area contributed by atoms with Gasteiger partial charge in [-0.15, -0.1) is 0 Å². The molecule has 1 saturated heterocycles. The highest BCUT2D eigenvalue weighted by Crippen LogP contribution is 2.24. The molecule has 0 spiro atoms. The number of benzene rings is 1. The van der Waals surface area contributed by atoms with Gasteiger partial charge < -0.3 is 10.5 Å². The van der Waals surface area contributed by atoms with E-state index >= 15 is 0 Å². The average Bonchev–Trinajstić information content (AvgIpc) is 2.51. The summed E-state index contributed by atoms with van der Waals surface area (Å²) in [5.74, 6) is 0.389. The van der Waals surface area contributed by atoms with Crippen LogP contribution < -0.4 is 5.73 Å². The lowest BCUT2D eigenvalue weighted by atomic mass is 9.94. The zero-order chi connectivity index (χ0) is 9.26. The number of aryl methyl sites for hydroxylation is 1. The van der Waals surface area contributed by atoms with Crippen LogP contribution >= 0.6 is 0 Å². The van der Waals surface area contributed by atoms with Crippen molar-refractivity contribution in [1.29, 1.82) is 0 Å². The van der Waals surface area contributed by atoms with Crippen LogP contribution in [0.2, 0.25) is 0 Å². The van der Waals surface area contributed by atoms with Crippen molar-refractivity contribution >= 4 is 0 Å². The van der Waals surface area contributed by atoms with E-state index in [0.29, 0.717) is 12.5 Å². The zero-order valence-corrected chi connectivity index (χ0v) is 7.86. The fourth-order valence-corrected chi connectivity index (χ4v) is 1.82. The minimum atomic E-state index is 0.168. The summed E-state index contributed by atoms with van der Waals surface area (Å²) < 4.78 is 5.34. The van der Waals surface area contributed by atoms with Gasteiger partial charge in [-0.05, 0) is 12.5 Å². The van der Waals surface area contributed by atoms with E-state index in [-0.39, 0.29) is 6.04 Å². The van der Waals surface area contributed by atoms with E-state index in [1.807, 2.05) is 0 Å². The van der Waals surface area contributed by atoms with Gasteiger partial charge in [0.2, 0.25) is 0 Å². The quantitative estimate of drug-likeness (QED) is 0.704. The Labute approximate surface area is 78.7 Å². The number of ether oxygens (including phenoxy) is 1. The number of rotatable bonds is 1. The molecule has 0 radical (unpaired) electrons. The molecule has 2 nitrogen and oxygen atoms in total. The maximum absolute atomic E-state index is 5.94. The molecule has 1 aliphatic heterocycles. The molecule has 13 heavy (non-hydrogen) atoms. The molecular formula is C11H15NO. The van der Waals surface area contributed by atoms with Crippen molar-refractivity contribution in [1.82, 2.24) is 0 Å². The summed E-state index contributed by atoms with van der Waals surface area (Å²) in [4.78, 5) is 0. The lowest BCUT2D eigenvalue weighted by Crippen LogP contribution is -2.26. The SMILES string of the molecule is Cc1cccc(C2COCC2N)c1. The van der Waals surface area contributed by atoms with E-state index in [1.54, 1.807) is 0 Å². The zero-order valence-electron chi connectivity index (χ0n) is 7.86. The van der Waals surface area contributed by atoms with Crippen LogP contribution in [-0.2, 0) is 4.74 Å². The third-order valence-corrected chi connectivity index (χ3v) is 2.59. The fraction of sp³-hybridized carbons (Fsp3) is 0.455. The van der Waals surface area contributed by atoms with Gasteiger partial charge in [-0.3, -0.25) is 0 Å². The van der Waals surface area contributed by atoms with Crippen molar-refractivity contribution < 1.29 is 4.74 Å². The Morgan fingerprint density at radius 1 is 1.38 bits per heavy atom. The minimum absolute atomic E-state index is 0.168. The Kier molecular flexibility index (Phi) is 2.34. The maximum atomic E-state index is 5.94. The monoisotopic (exact) mass is 177 g/mol. The lowest BCUT2D eigenvalue weighted by molar-refractivity contribution is 0.191. The molecule has 1 aromatic rings. The normalized spacial score (nSPS) is 27.8. The molecule has 0 aromatic heterocycles. The van der Waals surface area contributed by atoms with E-state index < -0.39 is 0 Å². The molecule has 1 aromatic carbocycles. The van der Waals surface area contributed by atoms with Gasteiger partial charge in [0, 0.05) is 12.0 Å². The first kappa shape index (κ1) is 8.73. The van der Waals surface area contributed by atoms with Crippen molar-refractivity contribution in [2.24, 2.45) is 5.73 Å². The highest BCUT2D eigenvalue weighted by molar-refractivity contribution is 5.27. The summed E-state index contributed by atoms with van der Waals surface area (Å²) in [6.45, 7) is 3.56. The number of nitrogens with two attached hydrogens (primary N) is 1. The van der Waals surface area contributed by atoms with Gasteiger partial charge in [0.05, 0.1) is 13.2 Å². The molecule has 0 amide bonds. The van der Waals surface area contributed by atoms with E-state index in [1.165, 1.54) is 11.1 Å². The van der Waals surface area contributed by atoms with Crippen molar-refractivity contribution in [2.75, 3.05) is 13.2 Å². The summed E-state index contributed by atoms with van der Waals surface area (Å²) in [5.41, 5.74) is 8.53. The molecule has 2 atom stereocenters. The Morgan fingerprint density at radius 2 is 2.23 bits per heavy atom. The molecule has 1 fully saturated rings. The van der Waals surface area contributed by atoms with Crippen molar-refractivity contribution in [3.05, 3.63) is 35.4 Å². The first-order chi connectivity index (χ1) is 6.27. The van der Waals surface area contributed by atoms with Crippen LogP contribution in [0.1, 0.15) is 17.0 Å². The Hall–Kier alpha value is -0.860. The van der Waals surface area contributed by atoms with Crippen LogP contribution in [0.4, 0.5) is 0 Å². The van der Waals surface area contributed by atoms with Gasteiger partial charge in [-0.1, -0.05) is 29.8 Å². The Bertz CT molecular complexity index is 298. The molecule has 2 unspecified atom stereocenters. The summed E-state index contributed by atoms with van der Waals surface area (Å²) in [6.07, 6.45) is 0. The second-order valence-electron chi connectivity index (χ2n) is 3.72. The summed E-state index contributed by atoms with van der Waals surface area (Å²) >= 11 is 0. The first-order valence-corrected chi connectivity index (χ1v) is 4.67. The van der Waals surface area contributed by atoms with Gasteiger partial charge >= 0.3 is 0 Å². The molecule has 0 bridgehead atoms. The van der Waals surface area contributed by atoms with Gasteiger partial charge in [-0.2, -0.15) is 0 Å². The average molecular weight is 177 g/mol. The van der Waals surface area contributed by atoms with Crippen LogP contribution in [0.25, 0.3) is 0 Å². The second-order valence-corrected chi connectivity index (χ2v) is 3.72. The highest BCUT2D eigenvalue weighted by atomic mass is 16.5. The van der Waals surface area contributed by atoms with Crippen molar-refractivity contribution in [2.45, 2.75) is 18.9 Å². The topological polar surface area (TPSA) is 35.2 Å². The second kappa shape index (κ2) is 3.48. The molecule has 1 heterocycles. The van der Waals surface area contributed by atoms with Gasteiger partial charge in [0.1, 0.15) is 0 Å². The van der Waals surface area contributed by atoms with Crippen molar-refractivity contribution in [3.63, 3.8) is 0 Å². The molecular weight excluding hydrogens is 162 g/mol. The Morgan fingerprint density at radius 3 is 2.85 bits per heavy atom. The largest absolute Gasteiger partial charge is 0.379 e. The van der Waals surface area contributed by atoms with Crippen LogP contribution in [0.5, 0.6) is 0 Å². The van der Waals surface area contributed by atoms with E-state index in [4.69, 9.17) is 10.5 Å². The van der Waals surface area contributed by atoms with Crippen molar-refractivity contribution in [3.8, 4) is 0 Å². The maximum Gasteiger partial charge on any atom is 0.0624 e. The summed E-state index contributed by atoms with van der Waals surface area (Å²) in [5, 5.41) is 0. The lowest BCUT2D eigenvalue weighted by Gasteiger charge is -2.13. The van der Waals surface area contributed by atoms with Gasteiger partial charge in [-0.25, -0.2) is 0 Å². The summed E-state index contributed by atoms with van der Waals surface area (Å²) in [6, 6.07) is 8.67. The molecule has 2 rings (SSSR count). The van der Waals surface area contributed by atoms with E-state index in [9.17, 15) is 0 Å². The number of hydrogen-bond acceptors (Lipinski definition) is 2. The molecule has 1 aliphatic rings. The fourth-order valence-electron chi connectivity index (χ4n) is 1.82. The van der Waals surface area contributed by atoms with Crippen LogP contribution in [-0.4, -0.2) is 19.3 Å². The molecule has 0 saturated carbocycles. The van der Waals surface area contributed by atoms with Crippen LogP contribution in [0.3, 0.4) is 0 Å². The van der Waals surface area contributed by atoms with Crippen LogP contribution in [0, 0.1) is 6.92 Å². The first-order valence-electron chi connectivity index (χ1n) is 4.67. The van der Waals surface area contributed by atoms with Gasteiger partial charge in [0.25, 0.3) is 0 Å². The third kappa shape index (κ3) is 1.74. The summed E-state index contributed by atoms with van der Waals surface area (Å²) in [7, 11) is 0. The predicted octanol–water partition coefficient (Wildman–Crippen LogP) is 1.44. The molecule has 2 heteroatoms. The minimum Gasteiger partial charge on any atom is -0.379 e. The predicted molar refractivity (Wildman–Crippen MR) is 52.7 cm³/mol. The van der Waals surface area contributed by atoms with Gasteiger partial charge in [0.15, 0.2) is 0 Å². The molecule has 0 aliphatic carbocycles. The number of hydrogen-bond donors (Lipinski definition) is 1. The van der Waals surface area contributed by atoms with Crippen LogP contribution in [0.15, 0.2) is 24.3 Å². The third-order valence-electron chi connectivity index (χ3n) is 2.59. The standard InChI is InChI=1S/C11H15NO/c1-8-3-2-4-9(5-8)10-6-13-7-11(10)12/h2-5,10-11H,6-7,12H2,1H3. The molecule has 2 N–H and O–H groups in total. The Balaban J connectivity index is 2.24. The van der Waals surface area contributed by atoms with E-state index in [0.717, 1.165) is 6.61 Å². The highest BCUT2D eigenvalue weighted by Gasteiger charge is 2.25. The molecule has 70 valence electrons. The van der Waals surface area contributed by atoms with E-state index in [2.05, 4.69) is 31.2 Å².